The van der Waals surface area contributed by atoms with Crippen molar-refractivity contribution in [3.63, 3.8) is 0 Å². The maximum Gasteiger partial charge on any atom is 0.224 e. The summed E-state index contributed by atoms with van der Waals surface area (Å²) in [5.41, 5.74) is 3.25. The standard InChI is InChI=1S/C20H24N6O/c1-15-16(2)23-24-20(18(15)14-21)22-9-8-19(27)26-12-10-25(11-13-26)17-6-4-3-5-7-17/h3-7H,8-13H2,1-2H3,(H,22,24). The summed E-state index contributed by atoms with van der Waals surface area (Å²) in [5, 5.41) is 20.5. The molecule has 0 radical (unpaired) electrons. The quantitative estimate of drug-likeness (QED) is 0.875. The van der Waals surface area contributed by atoms with E-state index in [1.54, 1.807) is 0 Å². The summed E-state index contributed by atoms with van der Waals surface area (Å²) in [6.45, 7) is 7.23. The fourth-order valence-corrected chi connectivity index (χ4v) is 3.17. The van der Waals surface area contributed by atoms with E-state index in [0.29, 0.717) is 24.3 Å². The third kappa shape index (κ3) is 4.34. The molecule has 0 bridgehead atoms. The van der Waals surface area contributed by atoms with E-state index in [2.05, 4.69) is 38.6 Å². The molecule has 2 heterocycles. The Morgan fingerprint density at radius 3 is 2.52 bits per heavy atom. The van der Waals surface area contributed by atoms with Crippen LogP contribution in [0.2, 0.25) is 0 Å². The van der Waals surface area contributed by atoms with Gasteiger partial charge in [-0.25, -0.2) is 0 Å². The predicted molar refractivity (Wildman–Crippen MR) is 105 cm³/mol. The minimum atomic E-state index is 0.116. The van der Waals surface area contributed by atoms with Crippen LogP contribution in [0.4, 0.5) is 11.5 Å². The first-order chi connectivity index (χ1) is 13.1. The van der Waals surface area contributed by atoms with Crippen molar-refractivity contribution >= 4 is 17.4 Å². The van der Waals surface area contributed by atoms with Gasteiger partial charge in [-0.15, -0.1) is 5.10 Å². The molecule has 0 unspecified atom stereocenters. The Balaban J connectivity index is 1.48. The van der Waals surface area contributed by atoms with Crippen molar-refractivity contribution in [2.45, 2.75) is 20.3 Å². The number of amides is 1. The lowest BCUT2D eigenvalue weighted by molar-refractivity contribution is -0.131. The lowest BCUT2D eigenvalue weighted by Gasteiger charge is -2.36. The van der Waals surface area contributed by atoms with Crippen LogP contribution in [0.1, 0.15) is 23.2 Å². The van der Waals surface area contributed by atoms with E-state index < -0.39 is 0 Å². The first-order valence-corrected chi connectivity index (χ1v) is 9.15. The highest BCUT2D eigenvalue weighted by atomic mass is 16.2. The molecule has 27 heavy (non-hydrogen) atoms. The molecule has 1 saturated heterocycles. The van der Waals surface area contributed by atoms with E-state index in [4.69, 9.17) is 0 Å². The Labute approximate surface area is 159 Å². The van der Waals surface area contributed by atoms with Gasteiger partial charge in [-0.3, -0.25) is 4.79 Å². The number of aryl methyl sites for hydroxylation is 1. The van der Waals surface area contributed by atoms with Crippen LogP contribution >= 0.6 is 0 Å². The second-order valence-corrected chi connectivity index (χ2v) is 6.63. The minimum Gasteiger partial charge on any atom is -0.368 e. The van der Waals surface area contributed by atoms with Gasteiger partial charge in [-0.05, 0) is 31.5 Å². The zero-order valence-corrected chi connectivity index (χ0v) is 15.8. The first-order valence-electron chi connectivity index (χ1n) is 9.15. The van der Waals surface area contributed by atoms with E-state index >= 15 is 0 Å². The first kappa shape index (κ1) is 18.6. The summed E-state index contributed by atoms with van der Waals surface area (Å²) in [7, 11) is 0. The van der Waals surface area contributed by atoms with Gasteiger partial charge in [0.1, 0.15) is 11.6 Å². The van der Waals surface area contributed by atoms with E-state index in [-0.39, 0.29) is 5.91 Å². The molecule has 0 aliphatic carbocycles. The third-order valence-corrected chi connectivity index (χ3v) is 4.95. The maximum absolute atomic E-state index is 12.5. The van der Waals surface area contributed by atoms with E-state index in [1.165, 1.54) is 5.69 Å². The van der Waals surface area contributed by atoms with Gasteiger partial charge in [0.2, 0.25) is 5.91 Å². The molecular weight excluding hydrogens is 340 g/mol. The lowest BCUT2D eigenvalue weighted by Crippen LogP contribution is -2.49. The van der Waals surface area contributed by atoms with Crippen molar-refractivity contribution in [3.05, 3.63) is 47.2 Å². The molecule has 3 rings (SSSR count). The van der Waals surface area contributed by atoms with Gasteiger partial charge < -0.3 is 15.1 Å². The fourth-order valence-electron chi connectivity index (χ4n) is 3.17. The molecule has 1 N–H and O–H groups in total. The molecule has 2 aromatic rings. The fraction of sp³-hybridized carbons (Fsp3) is 0.400. The number of nitrogens with zero attached hydrogens (tertiary/aromatic N) is 5. The van der Waals surface area contributed by atoms with Crippen molar-refractivity contribution in [3.8, 4) is 6.07 Å². The molecule has 0 spiro atoms. The number of carbonyl (C=O) groups is 1. The Morgan fingerprint density at radius 1 is 1.15 bits per heavy atom. The van der Waals surface area contributed by atoms with E-state index in [1.807, 2.05) is 36.9 Å². The van der Waals surface area contributed by atoms with Crippen LogP contribution < -0.4 is 10.2 Å². The van der Waals surface area contributed by atoms with Crippen LogP contribution in [0, 0.1) is 25.2 Å². The van der Waals surface area contributed by atoms with Gasteiger partial charge in [-0.2, -0.15) is 10.4 Å². The number of hydrogen-bond donors (Lipinski definition) is 1. The molecule has 1 aliphatic heterocycles. The van der Waals surface area contributed by atoms with E-state index in [0.717, 1.165) is 37.4 Å². The molecule has 0 saturated carbocycles. The average molecular weight is 364 g/mol. The number of piperazine rings is 1. The van der Waals surface area contributed by atoms with Crippen LogP contribution in [0.25, 0.3) is 0 Å². The van der Waals surface area contributed by atoms with Gasteiger partial charge in [-0.1, -0.05) is 18.2 Å². The number of nitrogens with one attached hydrogen (secondary N) is 1. The number of rotatable bonds is 5. The van der Waals surface area contributed by atoms with Crippen molar-refractivity contribution in [2.24, 2.45) is 0 Å². The SMILES string of the molecule is Cc1nnc(NCCC(=O)N2CCN(c3ccccc3)CC2)c(C#N)c1C. The number of nitriles is 1. The Kier molecular flexibility index (Phi) is 5.87. The van der Waals surface area contributed by atoms with Gasteiger partial charge in [0.15, 0.2) is 5.82 Å². The van der Waals surface area contributed by atoms with Crippen molar-refractivity contribution in [1.29, 1.82) is 5.26 Å². The molecule has 1 aliphatic rings. The molecule has 1 aromatic carbocycles. The van der Waals surface area contributed by atoms with Crippen LogP contribution in [0.15, 0.2) is 30.3 Å². The largest absolute Gasteiger partial charge is 0.368 e. The maximum atomic E-state index is 12.5. The van der Waals surface area contributed by atoms with Gasteiger partial charge in [0, 0.05) is 44.8 Å². The van der Waals surface area contributed by atoms with Gasteiger partial charge in [0.05, 0.1) is 5.69 Å². The topological polar surface area (TPSA) is 85.2 Å². The summed E-state index contributed by atoms with van der Waals surface area (Å²) in [6, 6.07) is 12.4. The average Bonchev–Trinajstić information content (AvgIpc) is 2.71. The zero-order valence-electron chi connectivity index (χ0n) is 15.8. The van der Waals surface area contributed by atoms with E-state index in [9.17, 15) is 10.1 Å². The molecule has 1 aromatic heterocycles. The highest BCUT2D eigenvalue weighted by Crippen LogP contribution is 2.18. The normalized spacial score (nSPS) is 14.0. The smallest absolute Gasteiger partial charge is 0.224 e. The summed E-state index contributed by atoms with van der Waals surface area (Å²) in [4.78, 5) is 16.7. The van der Waals surface area contributed by atoms with Crippen LogP contribution in [-0.2, 0) is 4.79 Å². The molecule has 1 fully saturated rings. The van der Waals surface area contributed by atoms with Crippen LogP contribution in [0.3, 0.4) is 0 Å². The molecular formula is C20H24N6O. The predicted octanol–water partition coefficient (Wildman–Crippen LogP) is 2.12. The van der Waals surface area contributed by atoms with Gasteiger partial charge >= 0.3 is 0 Å². The number of benzene rings is 1. The Hall–Kier alpha value is -3.14. The molecule has 140 valence electrons. The number of hydrogen-bond acceptors (Lipinski definition) is 6. The highest BCUT2D eigenvalue weighted by molar-refractivity contribution is 5.77. The second-order valence-electron chi connectivity index (χ2n) is 6.63. The monoisotopic (exact) mass is 364 g/mol. The van der Waals surface area contributed by atoms with Crippen LogP contribution in [0.5, 0.6) is 0 Å². The Bertz CT molecular complexity index is 838. The summed E-state index contributed by atoms with van der Waals surface area (Å²) in [6.07, 6.45) is 0.366. The Morgan fingerprint density at radius 2 is 1.85 bits per heavy atom. The number of carbonyl (C=O) groups excluding carboxylic acids is 1. The van der Waals surface area contributed by atoms with Gasteiger partial charge in [0.25, 0.3) is 0 Å². The number of anilines is 2. The molecule has 7 heteroatoms. The minimum absolute atomic E-state index is 0.116. The summed E-state index contributed by atoms with van der Waals surface area (Å²) < 4.78 is 0. The van der Waals surface area contributed by atoms with Crippen molar-refractivity contribution in [1.82, 2.24) is 15.1 Å². The highest BCUT2D eigenvalue weighted by Gasteiger charge is 2.21. The molecule has 7 nitrogen and oxygen atoms in total. The molecule has 0 atom stereocenters. The third-order valence-electron chi connectivity index (χ3n) is 4.95. The number of para-hydroxylation sites is 1. The van der Waals surface area contributed by atoms with Crippen molar-refractivity contribution < 1.29 is 4.79 Å². The lowest BCUT2D eigenvalue weighted by atomic mass is 10.1. The van der Waals surface area contributed by atoms with Crippen molar-refractivity contribution in [2.75, 3.05) is 42.9 Å². The zero-order chi connectivity index (χ0) is 19.2. The second kappa shape index (κ2) is 8.49. The van der Waals surface area contributed by atoms with Crippen LogP contribution in [-0.4, -0.2) is 53.7 Å². The summed E-state index contributed by atoms with van der Waals surface area (Å²) in [5.74, 6) is 0.563. The number of aromatic nitrogens is 2. The summed E-state index contributed by atoms with van der Waals surface area (Å²) >= 11 is 0. The molecule has 1 amide bonds.